The SMILES string of the molecule is COc1c(C)c(C)c2c(c1[13CH3])CC[C@@](C)(CCC[C@H](C)CCC[C@H](C)CCCC(C)C)O2. The average molecular weight is 446 g/mol. The average Bonchev–Trinajstić information content (AvgIpc) is 2.72. The molecule has 1 aliphatic rings. The van der Waals surface area contributed by atoms with Crippen LogP contribution >= 0.6 is 0 Å². The van der Waals surface area contributed by atoms with Gasteiger partial charge >= 0.3 is 0 Å². The summed E-state index contributed by atoms with van der Waals surface area (Å²) in [5, 5.41) is 0. The Morgan fingerprint density at radius 2 is 1.38 bits per heavy atom. The highest BCUT2D eigenvalue weighted by Crippen LogP contribution is 2.44. The number of hydrogen-bond acceptors (Lipinski definition) is 2. The summed E-state index contributed by atoms with van der Waals surface area (Å²) in [5.41, 5.74) is 5.07. The van der Waals surface area contributed by atoms with Gasteiger partial charge in [-0.15, -0.1) is 0 Å². The van der Waals surface area contributed by atoms with Crippen LogP contribution in [0.3, 0.4) is 0 Å². The zero-order valence-corrected chi connectivity index (χ0v) is 22.8. The van der Waals surface area contributed by atoms with Gasteiger partial charge in [0, 0.05) is 5.56 Å². The van der Waals surface area contributed by atoms with Crippen LogP contribution in [0.4, 0.5) is 0 Å². The molecule has 0 fully saturated rings. The molecule has 2 nitrogen and oxygen atoms in total. The van der Waals surface area contributed by atoms with E-state index in [-0.39, 0.29) is 5.60 Å². The molecule has 1 heterocycles. The maximum absolute atomic E-state index is 6.70. The monoisotopic (exact) mass is 445 g/mol. The van der Waals surface area contributed by atoms with Gasteiger partial charge in [0.1, 0.15) is 17.1 Å². The molecule has 0 spiro atoms. The molecule has 0 saturated heterocycles. The summed E-state index contributed by atoms with van der Waals surface area (Å²) in [4.78, 5) is 0. The van der Waals surface area contributed by atoms with E-state index in [9.17, 15) is 0 Å². The molecule has 184 valence electrons. The molecule has 0 saturated carbocycles. The van der Waals surface area contributed by atoms with Crippen molar-refractivity contribution in [2.45, 2.75) is 132 Å². The summed E-state index contributed by atoms with van der Waals surface area (Å²) < 4.78 is 12.4. The minimum Gasteiger partial charge on any atom is -0.496 e. The van der Waals surface area contributed by atoms with Crippen molar-refractivity contribution in [2.75, 3.05) is 7.11 Å². The molecule has 1 aromatic rings. The van der Waals surface area contributed by atoms with Gasteiger partial charge in [0.05, 0.1) is 7.11 Å². The van der Waals surface area contributed by atoms with E-state index in [1.807, 2.05) is 0 Å². The Hall–Kier alpha value is -1.18. The molecule has 2 heteroatoms. The van der Waals surface area contributed by atoms with Crippen LogP contribution in [-0.2, 0) is 6.42 Å². The van der Waals surface area contributed by atoms with E-state index in [4.69, 9.17) is 9.47 Å². The van der Waals surface area contributed by atoms with E-state index < -0.39 is 0 Å². The van der Waals surface area contributed by atoms with Gasteiger partial charge in [-0.1, -0.05) is 72.6 Å². The molecular weight excluding hydrogens is 393 g/mol. The van der Waals surface area contributed by atoms with Crippen molar-refractivity contribution in [1.29, 1.82) is 0 Å². The van der Waals surface area contributed by atoms with Crippen molar-refractivity contribution >= 4 is 0 Å². The molecule has 0 aliphatic carbocycles. The third-order valence-electron chi connectivity index (χ3n) is 8.04. The van der Waals surface area contributed by atoms with Crippen molar-refractivity contribution in [1.82, 2.24) is 0 Å². The van der Waals surface area contributed by atoms with Crippen LogP contribution in [-0.4, -0.2) is 12.7 Å². The smallest absolute Gasteiger partial charge is 0.127 e. The molecule has 0 aromatic heterocycles. The van der Waals surface area contributed by atoms with Crippen molar-refractivity contribution in [2.24, 2.45) is 17.8 Å². The summed E-state index contributed by atoms with van der Waals surface area (Å²) >= 11 is 0. The summed E-state index contributed by atoms with van der Waals surface area (Å²) in [6.45, 7) is 18.4. The van der Waals surface area contributed by atoms with Crippen molar-refractivity contribution in [3.05, 3.63) is 22.3 Å². The van der Waals surface area contributed by atoms with Gasteiger partial charge in [-0.05, 0) is 87.8 Å². The fourth-order valence-corrected chi connectivity index (χ4v) is 5.57. The van der Waals surface area contributed by atoms with Gasteiger partial charge in [0.15, 0.2) is 0 Å². The molecule has 2 rings (SSSR count). The van der Waals surface area contributed by atoms with E-state index in [0.29, 0.717) is 0 Å². The molecule has 32 heavy (non-hydrogen) atoms. The lowest BCUT2D eigenvalue weighted by atomic mass is 9.84. The van der Waals surface area contributed by atoms with Crippen molar-refractivity contribution < 1.29 is 9.47 Å². The molecule has 0 unspecified atom stereocenters. The number of rotatable bonds is 13. The van der Waals surface area contributed by atoms with Crippen LogP contribution < -0.4 is 9.47 Å². The van der Waals surface area contributed by atoms with E-state index in [1.54, 1.807) is 7.11 Å². The fraction of sp³-hybridized carbons (Fsp3) is 0.800. The van der Waals surface area contributed by atoms with E-state index in [0.717, 1.165) is 48.5 Å². The molecule has 0 radical (unpaired) electrons. The number of benzene rings is 1. The number of hydrogen-bond donors (Lipinski definition) is 0. The third kappa shape index (κ3) is 7.42. The maximum atomic E-state index is 6.70. The van der Waals surface area contributed by atoms with Crippen LogP contribution in [0.1, 0.15) is 121 Å². The minimum atomic E-state index is -0.0319. The van der Waals surface area contributed by atoms with Gasteiger partial charge in [0.2, 0.25) is 0 Å². The number of fused-ring (bicyclic) bond motifs is 1. The summed E-state index contributed by atoms with van der Waals surface area (Å²) in [6, 6.07) is 0. The highest BCUT2D eigenvalue weighted by Gasteiger charge is 2.34. The second-order valence-electron chi connectivity index (χ2n) is 11.6. The first kappa shape index (κ1) is 27.1. The third-order valence-corrected chi connectivity index (χ3v) is 8.04. The minimum absolute atomic E-state index is 0.0319. The molecule has 0 N–H and O–H groups in total. The first-order chi connectivity index (χ1) is 15.1. The van der Waals surface area contributed by atoms with Crippen LogP contribution in [0, 0.1) is 38.5 Å². The van der Waals surface area contributed by atoms with Crippen molar-refractivity contribution in [3.8, 4) is 11.5 Å². The Balaban J connectivity index is 1.77. The zero-order chi connectivity index (χ0) is 23.9. The first-order valence-corrected chi connectivity index (χ1v) is 13.4. The molecule has 0 bridgehead atoms. The Bertz CT molecular complexity index is 720. The van der Waals surface area contributed by atoms with Gasteiger partial charge in [0.25, 0.3) is 0 Å². The fourth-order valence-electron chi connectivity index (χ4n) is 5.57. The Morgan fingerprint density at radius 1 is 0.812 bits per heavy atom. The van der Waals surface area contributed by atoms with E-state index in [1.165, 1.54) is 73.6 Å². The van der Waals surface area contributed by atoms with Crippen LogP contribution in [0.25, 0.3) is 0 Å². The summed E-state index contributed by atoms with van der Waals surface area (Å²) in [5.74, 6) is 4.74. The molecule has 1 aromatic carbocycles. The lowest BCUT2D eigenvalue weighted by Crippen LogP contribution is -2.37. The maximum Gasteiger partial charge on any atom is 0.127 e. The van der Waals surface area contributed by atoms with E-state index >= 15 is 0 Å². The predicted molar refractivity (Wildman–Crippen MR) is 139 cm³/mol. The van der Waals surface area contributed by atoms with Gasteiger partial charge in [-0.25, -0.2) is 0 Å². The van der Waals surface area contributed by atoms with E-state index in [2.05, 4.69) is 55.4 Å². The largest absolute Gasteiger partial charge is 0.496 e. The number of ether oxygens (including phenoxy) is 2. The van der Waals surface area contributed by atoms with Crippen molar-refractivity contribution in [3.63, 3.8) is 0 Å². The predicted octanol–water partition coefficient (Wildman–Crippen LogP) is 9.14. The Morgan fingerprint density at radius 3 is 1.94 bits per heavy atom. The van der Waals surface area contributed by atoms with Gasteiger partial charge in [-0.2, -0.15) is 0 Å². The second-order valence-corrected chi connectivity index (χ2v) is 11.6. The molecule has 3 atom stereocenters. The number of methoxy groups -OCH3 is 1. The highest BCUT2D eigenvalue weighted by molar-refractivity contribution is 5.58. The van der Waals surface area contributed by atoms with Crippen LogP contribution in [0.5, 0.6) is 11.5 Å². The van der Waals surface area contributed by atoms with Gasteiger partial charge < -0.3 is 9.47 Å². The lowest BCUT2D eigenvalue weighted by molar-refractivity contribution is 0.0512. The molecule has 0 amide bonds. The zero-order valence-electron chi connectivity index (χ0n) is 22.8. The quantitative estimate of drug-likeness (QED) is 0.282. The standard InChI is InChI=1S/C30H52O2/c1-21(2)13-10-14-22(3)15-11-16-23(4)17-12-19-30(8)20-18-27-26(7)28(31-9)24(5)25(6)29(27)32-30/h21-23H,10-20H2,1-9H3/t22-,23-,30-/m1/s1/i7+1. The van der Waals surface area contributed by atoms with Crippen LogP contribution in [0.15, 0.2) is 0 Å². The lowest BCUT2D eigenvalue weighted by Gasteiger charge is -2.38. The molecular formula is C30H52O2. The summed E-state index contributed by atoms with van der Waals surface area (Å²) in [7, 11) is 1.78. The topological polar surface area (TPSA) is 18.5 Å². The Kier molecular flexibility index (Phi) is 10.4. The second kappa shape index (κ2) is 12.3. The highest BCUT2D eigenvalue weighted by atomic mass is 16.5. The summed E-state index contributed by atoms with van der Waals surface area (Å²) in [6.07, 6.45) is 14.3. The normalized spacial score (nSPS) is 20.1. The Labute approximate surface area is 199 Å². The van der Waals surface area contributed by atoms with Gasteiger partial charge in [-0.3, -0.25) is 0 Å². The molecule has 1 aliphatic heterocycles. The van der Waals surface area contributed by atoms with Crippen LogP contribution in [0.2, 0.25) is 0 Å². The first-order valence-electron chi connectivity index (χ1n) is 13.4.